The summed E-state index contributed by atoms with van der Waals surface area (Å²) in [4.78, 5) is 0. The summed E-state index contributed by atoms with van der Waals surface area (Å²) >= 11 is 0. The van der Waals surface area contributed by atoms with Gasteiger partial charge in [-0.3, -0.25) is 0 Å². The van der Waals surface area contributed by atoms with Crippen molar-refractivity contribution in [2.75, 3.05) is 13.1 Å². The van der Waals surface area contributed by atoms with Crippen LogP contribution in [-0.2, 0) is 14.8 Å². The Balaban J connectivity index is 2.89. The highest BCUT2D eigenvalue weighted by atomic mass is 32.2. The largest absolute Gasteiger partial charge is 0.370 e. The predicted molar refractivity (Wildman–Crippen MR) is 60.3 cm³/mol. The molecule has 90 valence electrons. The molecule has 0 aromatic carbocycles. The SMILES string of the molecule is CC1CN(S(=O)(=O)C(C)C)CC(C)(C)O1. The minimum absolute atomic E-state index is 0.0396. The van der Waals surface area contributed by atoms with Crippen LogP contribution in [-0.4, -0.2) is 42.8 Å². The van der Waals surface area contributed by atoms with Crippen molar-refractivity contribution in [1.29, 1.82) is 0 Å². The molecule has 0 N–H and O–H groups in total. The maximum absolute atomic E-state index is 12.0. The van der Waals surface area contributed by atoms with Crippen LogP contribution in [0.15, 0.2) is 0 Å². The van der Waals surface area contributed by atoms with Crippen LogP contribution < -0.4 is 0 Å². The number of ether oxygens (including phenoxy) is 1. The molecule has 1 atom stereocenters. The Bertz CT molecular complexity index is 322. The van der Waals surface area contributed by atoms with Crippen LogP contribution in [0.5, 0.6) is 0 Å². The molecule has 4 nitrogen and oxygen atoms in total. The first-order chi connectivity index (χ1) is 6.65. The van der Waals surface area contributed by atoms with Crippen LogP contribution in [0.4, 0.5) is 0 Å². The third-order valence-corrected chi connectivity index (χ3v) is 4.68. The van der Waals surface area contributed by atoms with Crippen molar-refractivity contribution in [3.63, 3.8) is 0 Å². The molecular formula is C10H21NO3S. The molecule has 0 saturated carbocycles. The first-order valence-electron chi connectivity index (χ1n) is 5.32. The average molecular weight is 235 g/mol. The van der Waals surface area contributed by atoms with Crippen LogP contribution >= 0.6 is 0 Å². The van der Waals surface area contributed by atoms with E-state index < -0.39 is 10.0 Å². The Morgan fingerprint density at radius 2 is 1.93 bits per heavy atom. The highest BCUT2D eigenvalue weighted by Gasteiger charge is 2.38. The summed E-state index contributed by atoms with van der Waals surface area (Å²) < 4.78 is 31.2. The minimum atomic E-state index is -3.15. The number of hydrogen-bond donors (Lipinski definition) is 0. The maximum Gasteiger partial charge on any atom is 0.216 e. The van der Waals surface area contributed by atoms with E-state index in [-0.39, 0.29) is 17.0 Å². The first-order valence-corrected chi connectivity index (χ1v) is 6.82. The van der Waals surface area contributed by atoms with Crippen molar-refractivity contribution >= 4 is 10.0 Å². The molecule has 1 rings (SSSR count). The fraction of sp³-hybridized carbons (Fsp3) is 1.00. The Kier molecular flexibility index (Phi) is 3.48. The summed E-state index contributed by atoms with van der Waals surface area (Å²) in [6, 6.07) is 0. The van der Waals surface area contributed by atoms with Crippen LogP contribution in [0.25, 0.3) is 0 Å². The van der Waals surface area contributed by atoms with E-state index in [1.54, 1.807) is 18.2 Å². The summed E-state index contributed by atoms with van der Waals surface area (Å²) in [5.74, 6) is 0. The van der Waals surface area contributed by atoms with E-state index in [0.29, 0.717) is 13.1 Å². The summed E-state index contributed by atoms with van der Waals surface area (Å²) in [6.45, 7) is 10.1. The van der Waals surface area contributed by atoms with Crippen LogP contribution in [0.2, 0.25) is 0 Å². The van der Waals surface area contributed by atoms with Crippen LogP contribution in [0, 0.1) is 0 Å². The molecule has 0 aliphatic carbocycles. The second-order valence-electron chi connectivity index (χ2n) is 5.07. The molecule has 5 heteroatoms. The van der Waals surface area contributed by atoms with Gasteiger partial charge in [-0.1, -0.05) is 0 Å². The Morgan fingerprint density at radius 1 is 1.40 bits per heavy atom. The molecule has 0 radical (unpaired) electrons. The number of morpholine rings is 1. The van der Waals surface area contributed by atoms with E-state index in [1.807, 2.05) is 20.8 Å². The van der Waals surface area contributed by atoms with Crippen molar-refractivity contribution < 1.29 is 13.2 Å². The van der Waals surface area contributed by atoms with E-state index in [1.165, 1.54) is 0 Å². The topological polar surface area (TPSA) is 46.6 Å². The van der Waals surface area contributed by atoms with Gasteiger partial charge in [-0.05, 0) is 34.6 Å². The molecule has 1 fully saturated rings. The molecule has 15 heavy (non-hydrogen) atoms. The van der Waals surface area contributed by atoms with E-state index in [2.05, 4.69) is 0 Å². The molecule has 1 saturated heterocycles. The highest BCUT2D eigenvalue weighted by Crippen LogP contribution is 2.24. The van der Waals surface area contributed by atoms with Gasteiger partial charge in [-0.25, -0.2) is 8.42 Å². The van der Waals surface area contributed by atoms with Gasteiger partial charge in [0.1, 0.15) is 0 Å². The summed E-state index contributed by atoms with van der Waals surface area (Å²) in [7, 11) is -3.15. The zero-order chi connectivity index (χ0) is 11.9. The number of rotatable bonds is 2. The second-order valence-corrected chi connectivity index (χ2v) is 7.56. The molecular weight excluding hydrogens is 214 g/mol. The monoisotopic (exact) mass is 235 g/mol. The van der Waals surface area contributed by atoms with E-state index in [0.717, 1.165) is 0 Å². The van der Waals surface area contributed by atoms with Gasteiger partial charge in [-0.15, -0.1) is 0 Å². The lowest BCUT2D eigenvalue weighted by molar-refractivity contribution is -0.109. The van der Waals surface area contributed by atoms with Gasteiger partial charge in [0, 0.05) is 13.1 Å². The lowest BCUT2D eigenvalue weighted by Gasteiger charge is -2.41. The van der Waals surface area contributed by atoms with Gasteiger partial charge < -0.3 is 4.74 Å². The summed E-state index contributed by atoms with van der Waals surface area (Å²) in [5, 5.41) is -0.362. The van der Waals surface area contributed by atoms with Gasteiger partial charge in [0.05, 0.1) is 17.0 Å². The van der Waals surface area contributed by atoms with Gasteiger partial charge in [-0.2, -0.15) is 4.31 Å². The van der Waals surface area contributed by atoms with Gasteiger partial charge >= 0.3 is 0 Å². The molecule has 1 heterocycles. The van der Waals surface area contributed by atoms with Crippen molar-refractivity contribution in [2.24, 2.45) is 0 Å². The zero-order valence-corrected chi connectivity index (χ0v) is 11.0. The molecule has 0 amide bonds. The minimum Gasteiger partial charge on any atom is -0.370 e. The molecule has 0 aromatic rings. The highest BCUT2D eigenvalue weighted by molar-refractivity contribution is 7.89. The summed E-state index contributed by atoms with van der Waals surface area (Å²) in [5.41, 5.74) is -0.389. The fourth-order valence-electron chi connectivity index (χ4n) is 1.89. The predicted octanol–water partition coefficient (Wildman–Crippen LogP) is 1.22. The quantitative estimate of drug-likeness (QED) is 0.723. The van der Waals surface area contributed by atoms with Crippen molar-refractivity contribution in [3.05, 3.63) is 0 Å². The molecule has 1 aliphatic rings. The number of hydrogen-bond acceptors (Lipinski definition) is 3. The Hall–Kier alpha value is -0.130. The lowest BCUT2D eigenvalue weighted by atomic mass is 10.1. The molecule has 0 aromatic heterocycles. The van der Waals surface area contributed by atoms with E-state index >= 15 is 0 Å². The number of sulfonamides is 1. The molecule has 0 bridgehead atoms. The standard InChI is InChI=1S/C10H21NO3S/c1-8(2)15(12,13)11-6-9(3)14-10(4,5)7-11/h8-9H,6-7H2,1-5H3. The normalized spacial score (nSPS) is 28.3. The Labute approximate surface area is 92.7 Å². The van der Waals surface area contributed by atoms with Crippen molar-refractivity contribution in [3.8, 4) is 0 Å². The average Bonchev–Trinajstić information content (AvgIpc) is 1.99. The third-order valence-electron chi connectivity index (χ3n) is 2.49. The van der Waals surface area contributed by atoms with E-state index in [9.17, 15) is 8.42 Å². The maximum atomic E-state index is 12.0. The summed E-state index contributed by atoms with van der Waals surface area (Å²) in [6.07, 6.45) is -0.0396. The lowest BCUT2D eigenvalue weighted by Crippen LogP contribution is -2.55. The smallest absolute Gasteiger partial charge is 0.216 e. The van der Waals surface area contributed by atoms with Gasteiger partial charge in [0.25, 0.3) is 0 Å². The van der Waals surface area contributed by atoms with Crippen LogP contribution in [0.1, 0.15) is 34.6 Å². The third kappa shape index (κ3) is 2.92. The van der Waals surface area contributed by atoms with Gasteiger partial charge in [0.15, 0.2) is 0 Å². The van der Waals surface area contributed by atoms with Crippen LogP contribution in [0.3, 0.4) is 0 Å². The zero-order valence-electron chi connectivity index (χ0n) is 10.1. The molecule has 1 aliphatic heterocycles. The van der Waals surface area contributed by atoms with Crippen molar-refractivity contribution in [1.82, 2.24) is 4.31 Å². The van der Waals surface area contributed by atoms with E-state index in [4.69, 9.17) is 4.74 Å². The van der Waals surface area contributed by atoms with Crippen molar-refractivity contribution in [2.45, 2.75) is 51.6 Å². The first kappa shape index (κ1) is 12.9. The Morgan fingerprint density at radius 3 is 2.33 bits per heavy atom. The molecule has 0 spiro atoms. The molecule has 1 unspecified atom stereocenters. The fourth-order valence-corrected chi connectivity index (χ4v) is 3.39. The second kappa shape index (κ2) is 4.03. The number of nitrogens with zero attached hydrogens (tertiary/aromatic N) is 1. The van der Waals surface area contributed by atoms with Gasteiger partial charge in [0.2, 0.25) is 10.0 Å².